The molecule has 1 amide bonds. The lowest BCUT2D eigenvalue weighted by Gasteiger charge is -2.08. The number of fused-ring (bicyclic) bond motifs is 1. The summed E-state index contributed by atoms with van der Waals surface area (Å²) in [6, 6.07) is 5.28. The van der Waals surface area contributed by atoms with Crippen LogP contribution in [0.1, 0.15) is 15.2 Å². The van der Waals surface area contributed by atoms with Gasteiger partial charge in [0.1, 0.15) is 0 Å². The molecule has 0 saturated carbocycles. The number of anilines is 1. The normalized spacial score (nSPS) is 12.4. The summed E-state index contributed by atoms with van der Waals surface area (Å²) in [7, 11) is 0. The van der Waals surface area contributed by atoms with Crippen molar-refractivity contribution in [3.63, 3.8) is 0 Å². The fraction of sp³-hybridized carbons (Fsp3) is 0.154. The molecule has 0 radical (unpaired) electrons. The largest absolute Gasteiger partial charge is 0.454 e. The highest BCUT2D eigenvalue weighted by atomic mass is 35.5. The van der Waals surface area contributed by atoms with Gasteiger partial charge in [-0.3, -0.25) is 4.79 Å². The first-order chi connectivity index (χ1) is 9.63. The van der Waals surface area contributed by atoms with Crippen LogP contribution < -0.4 is 20.5 Å². The Morgan fingerprint density at radius 3 is 2.80 bits per heavy atom. The molecule has 2 heterocycles. The van der Waals surface area contributed by atoms with Gasteiger partial charge in [-0.05, 0) is 6.07 Å². The molecule has 1 aliphatic heterocycles. The number of rotatable bonds is 4. The molecule has 0 saturated heterocycles. The number of hydrogen-bond donors (Lipinski definition) is 2. The van der Waals surface area contributed by atoms with E-state index in [0.29, 0.717) is 28.6 Å². The van der Waals surface area contributed by atoms with E-state index in [1.54, 1.807) is 23.6 Å². The molecule has 5 nitrogen and oxygen atoms in total. The van der Waals surface area contributed by atoms with E-state index in [-0.39, 0.29) is 6.79 Å². The quantitative estimate of drug-likeness (QED) is 0.910. The molecule has 1 aliphatic rings. The first-order valence-electron chi connectivity index (χ1n) is 5.84. The maximum Gasteiger partial charge on any atom is 0.249 e. The monoisotopic (exact) mass is 310 g/mol. The van der Waals surface area contributed by atoms with E-state index in [1.807, 2.05) is 0 Å². The van der Waals surface area contributed by atoms with Crippen LogP contribution in [-0.2, 0) is 6.54 Å². The number of amides is 1. The number of primary amides is 1. The average molecular weight is 311 g/mol. The predicted molar refractivity (Wildman–Crippen MR) is 77.7 cm³/mol. The Hall–Kier alpha value is -1.92. The molecule has 3 N–H and O–H groups in total. The number of thiophene rings is 1. The second-order valence-electron chi connectivity index (χ2n) is 4.20. The molecule has 3 rings (SSSR count). The molecular weight excluding hydrogens is 300 g/mol. The first kappa shape index (κ1) is 13.1. The van der Waals surface area contributed by atoms with Crippen LogP contribution in [0.2, 0.25) is 5.02 Å². The van der Waals surface area contributed by atoms with Crippen molar-refractivity contribution in [3.8, 4) is 11.5 Å². The van der Waals surface area contributed by atoms with Gasteiger partial charge in [-0.2, -0.15) is 0 Å². The van der Waals surface area contributed by atoms with Gasteiger partial charge in [0.2, 0.25) is 12.7 Å². The van der Waals surface area contributed by atoms with Crippen LogP contribution in [0, 0.1) is 0 Å². The van der Waals surface area contributed by atoms with E-state index in [2.05, 4.69) is 5.32 Å². The number of nitrogens with one attached hydrogen (secondary N) is 1. The number of carbonyl (C=O) groups excluding carboxylic acids is 1. The van der Waals surface area contributed by atoms with E-state index >= 15 is 0 Å². The highest BCUT2D eigenvalue weighted by Gasteiger charge is 2.16. The van der Waals surface area contributed by atoms with Crippen LogP contribution in [0.4, 0.5) is 5.69 Å². The minimum absolute atomic E-state index is 0.210. The van der Waals surface area contributed by atoms with Gasteiger partial charge in [-0.25, -0.2) is 0 Å². The van der Waals surface area contributed by atoms with Crippen molar-refractivity contribution in [2.24, 2.45) is 5.73 Å². The zero-order chi connectivity index (χ0) is 14.1. The lowest BCUT2D eigenvalue weighted by atomic mass is 10.2. The second kappa shape index (κ2) is 5.22. The standard InChI is InChI=1S/C13H11ClN2O3S/c14-9-2-11-12(19-6-18-11)3-10(9)16-4-8-1-7(5-20-8)13(15)17/h1-3,5,16H,4,6H2,(H2,15,17). The molecule has 7 heteroatoms. The molecule has 0 spiro atoms. The third kappa shape index (κ3) is 2.52. The van der Waals surface area contributed by atoms with E-state index in [9.17, 15) is 4.79 Å². The van der Waals surface area contributed by atoms with Gasteiger partial charge in [0.05, 0.1) is 16.3 Å². The summed E-state index contributed by atoms with van der Waals surface area (Å²) in [6.45, 7) is 0.763. The third-order valence-electron chi connectivity index (χ3n) is 2.85. The average Bonchev–Trinajstić information content (AvgIpc) is 3.03. The molecule has 2 aromatic rings. The van der Waals surface area contributed by atoms with Crippen molar-refractivity contribution in [1.29, 1.82) is 0 Å². The van der Waals surface area contributed by atoms with Crippen LogP contribution in [0.3, 0.4) is 0 Å². The number of carbonyl (C=O) groups is 1. The Balaban J connectivity index is 1.73. The van der Waals surface area contributed by atoms with E-state index < -0.39 is 5.91 Å². The summed E-state index contributed by atoms with van der Waals surface area (Å²) >= 11 is 7.63. The summed E-state index contributed by atoms with van der Waals surface area (Å²) in [5.74, 6) is 0.891. The third-order valence-corrected chi connectivity index (χ3v) is 4.10. The molecule has 0 unspecified atom stereocenters. The van der Waals surface area contributed by atoms with Crippen LogP contribution in [0.5, 0.6) is 11.5 Å². The molecule has 104 valence electrons. The van der Waals surface area contributed by atoms with Crippen LogP contribution >= 0.6 is 22.9 Å². The van der Waals surface area contributed by atoms with Gasteiger partial charge in [0, 0.05) is 28.9 Å². The summed E-state index contributed by atoms with van der Waals surface area (Å²) in [6.07, 6.45) is 0. The number of hydrogen-bond acceptors (Lipinski definition) is 5. The summed E-state index contributed by atoms with van der Waals surface area (Å²) in [5, 5.41) is 5.50. The fourth-order valence-corrected chi connectivity index (χ4v) is 2.87. The zero-order valence-corrected chi connectivity index (χ0v) is 11.9. The van der Waals surface area contributed by atoms with Gasteiger partial charge in [-0.1, -0.05) is 11.6 Å². The number of nitrogens with two attached hydrogens (primary N) is 1. The molecular formula is C13H11ClN2O3S. The fourth-order valence-electron chi connectivity index (χ4n) is 1.84. The molecule has 0 aliphatic carbocycles. The van der Waals surface area contributed by atoms with Crippen molar-refractivity contribution in [2.75, 3.05) is 12.1 Å². The van der Waals surface area contributed by atoms with Gasteiger partial charge < -0.3 is 20.5 Å². The highest BCUT2D eigenvalue weighted by molar-refractivity contribution is 7.10. The number of halogens is 1. The Bertz CT molecular complexity index is 672. The molecule has 20 heavy (non-hydrogen) atoms. The van der Waals surface area contributed by atoms with Crippen LogP contribution in [-0.4, -0.2) is 12.7 Å². The Kier molecular flexibility index (Phi) is 3.42. The van der Waals surface area contributed by atoms with Crippen molar-refractivity contribution in [2.45, 2.75) is 6.54 Å². The minimum atomic E-state index is -0.423. The number of benzene rings is 1. The molecule has 0 atom stereocenters. The van der Waals surface area contributed by atoms with Gasteiger partial charge in [0.15, 0.2) is 11.5 Å². The summed E-state index contributed by atoms with van der Waals surface area (Å²) in [5.41, 5.74) is 6.49. The molecule has 0 fully saturated rings. The minimum Gasteiger partial charge on any atom is -0.454 e. The molecule has 1 aromatic heterocycles. The summed E-state index contributed by atoms with van der Waals surface area (Å²) in [4.78, 5) is 12.0. The second-order valence-corrected chi connectivity index (χ2v) is 5.61. The topological polar surface area (TPSA) is 73.6 Å². The van der Waals surface area contributed by atoms with Crippen molar-refractivity contribution in [3.05, 3.63) is 39.0 Å². The van der Waals surface area contributed by atoms with Crippen LogP contribution in [0.25, 0.3) is 0 Å². The summed E-state index contributed by atoms with van der Waals surface area (Å²) < 4.78 is 10.5. The van der Waals surface area contributed by atoms with Gasteiger partial charge in [0.25, 0.3) is 0 Å². The van der Waals surface area contributed by atoms with Crippen molar-refractivity contribution in [1.82, 2.24) is 0 Å². The smallest absolute Gasteiger partial charge is 0.249 e. The Labute approximate surface area is 124 Å². The number of ether oxygens (including phenoxy) is 2. The van der Waals surface area contributed by atoms with Crippen molar-refractivity contribution < 1.29 is 14.3 Å². The maximum atomic E-state index is 11.0. The van der Waals surface area contributed by atoms with E-state index in [4.69, 9.17) is 26.8 Å². The predicted octanol–water partition coefficient (Wildman–Crippen LogP) is 2.84. The molecule has 0 bridgehead atoms. The lowest BCUT2D eigenvalue weighted by molar-refractivity contribution is 0.100. The Morgan fingerprint density at radius 1 is 1.35 bits per heavy atom. The maximum absolute atomic E-state index is 11.0. The SMILES string of the molecule is NC(=O)c1csc(CNc2cc3c(cc2Cl)OCO3)c1. The van der Waals surface area contributed by atoms with Gasteiger partial charge in [-0.15, -0.1) is 11.3 Å². The lowest BCUT2D eigenvalue weighted by Crippen LogP contribution is -2.09. The van der Waals surface area contributed by atoms with Crippen molar-refractivity contribution >= 4 is 34.5 Å². The van der Waals surface area contributed by atoms with E-state index in [0.717, 1.165) is 10.6 Å². The first-order valence-corrected chi connectivity index (χ1v) is 7.09. The van der Waals surface area contributed by atoms with E-state index in [1.165, 1.54) is 11.3 Å². The highest BCUT2D eigenvalue weighted by Crippen LogP contribution is 2.39. The van der Waals surface area contributed by atoms with Crippen LogP contribution in [0.15, 0.2) is 23.6 Å². The molecule has 1 aromatic carbocycles. The zero-order valence-electron chi connectivity index (χ0n) is 10.3. The Morgan fingerprint density at radius 2 is 2.10 bits per heavy atom. The van der Waals surface area contributed by atoms with Gasteiger partial charge >= 0.3 is 0 Å².